The van der Waals surface area contributed by atoms with Crippen LogP contribution in [0.4, 0.5) is 11.4 Å². The van der Waals surface area contributed by atoms with Crippen LogP contribution in [0.25, 0.3) is 0 Å². The molecule has 0 radical (unpaired) electrons. The normalized spacial score (nSPS) is 11.1. The van der Waals surface area contributed by atoms with Crippen molar-refractivity contribution in [2.24, 2.45) is 0 Å². The number of aromatic nitrogens is 2. The molecular formula is C11H12N4O5S. The van der Waals surface area contributed by atoms with Crippen LogP contribution in [-0.4, -0.2) is 30.1 Å². The van der Waals surface area contributed by atoms with Gasteiger partial charge in [-0.15, -0.1) is 0 Å². The van der Waals surface area contributed by atoms with Crippen LogP contribution in [0.15, 0.2) is 35.5 Å². The van der Waals surface area contributed by atoms with Crippen molar-refractivity contribution >= 4 is 21.4 Å². The van der Waals surface area contributed by atoms with Gasteiger partial charge in [0.15, 0.2) is 5.03 Å². The maximum atomic E-state index is 12.0. The van der Waals surface area contributed by atoms with Gasteiger partial charge in [0.25, 0.3) is 15.7 Å². The van der Waals surface area contributed by atoms with E-state index in [2.05, 4.69) is 14.9 Å². The van der Waals surface area contributed by atoms with Gasteiger partial charge in [0.1, 0.15) is 11.4 Å². The Morgan fingerprint density at radius 1 is 1.43 bits per heavy atom. The summed E-state index contributed by atoms with van der Waals surface area (Å²) in [4.78, 5) is 10.4. The number of aromatic amines is 1. The molecule has 0 atom stereocenters. The number of nitro groups is 1. The van der Waals surface area contributed by atoms with Gasteiger partial charge >= 0.3 is 0 Å². The lowest BCUT2D eigenvalue weighted by molar-refractivity contribution is -0.384. The molecule has 2 N–H and O–H groups in total. The molecule has 2 aromatic rings. The molecule has 0 saturated heterocycles. The minimum Gasteiger partial charge on any atom is -0.494 e. The number of ether oxygens (including phenoxy) is 1. The number of nitrogens with zero attached hydrogens (tertiary/aromatic N) is 2. The molecule has 10 heteroatoms. The zero-order valence-corrected chi connectivity index (χ0v) is 11.8. The van der Waals surface area contributed by atoms with Crippen molar-refractivity contribution in [1.29, 1.82) is 0 Å². The summed E-state index contributed by atoms with van der Waals surface area (Å²) in [6.45, 7) is 2.08. The number of sulfonamides is 1. The smallest absolute Gasteiger partial charge is 0.297 e. The van der Waals surface area contributed by atoms with E-state index in [-0.39, 0.29) is 16.5 Å². The predicted octanol–water partition coefficient (Wildman–Crippen LogP) is 1.52. The van der Waals surface area contributed by atoms with Crippen molar-refractivity contribution < 1.29 is 18.1 Å². The highest BCUT2D eigenvalue weighted by Gasteiger charge is 2.22. The number of nitro benzene ring substituents is 1. The van der Waals surface area contributed by atoms with E-state index in [9.17, 15) is 18.5 Å². The van der Waals surface area contributed by atoms with E-state index in [1.165, 1.54) is 24.4 Å². The van der Waals surface area contributed by atoms with Gasteiger partial charge < -0.3 is 4.74 Å². The van der Waals surface area contributed by atoms with Crippen LogP contribution >= 0.6 is 0 Å². The van der Waals surface area contributed by atoms with Gasteiger partial charge in [0, 0.05) is 0 Å². The Balaban J connectivity index is 2.38. The average molecular weight is 312 g/mol. The molecule has 0 saturated carbocycles. The lowest BCUT2D eigenvalue weighted by Gasteiger charge is -2.08. The van der Waals surface area contributed by atoms with Gasteiger partial charge in [0.2, 0.25) is 0 Å². The molecule has 0 aliphatic carbocycles. The van der Waals surface area contributed by atoms with E-state index in [1.54, 1.807) is 6.92 Å². The third-order valence-corrected chi connectivity index (χ3v) is 3.78. The molecule has 0 bridgehead atoms. The molecule has 0 spiro atoms. The van der Waals surface area contributed by atoms with Crippen LogP contribution in [0.2, 0.25) is 0 Å². The Kier molecular flexibility index (Phi) is 4.08. The summed E-state index contributed by atoms with van der Waals surface area (Å²) in [7, 11) is -3.96. The van der Waals surface area contributed by atoms with Gasteiger partial charge in [-0.3, -0.25) is 19.9 Å². The summed E-state index contributed by atoms with van der Waals surface area (Å²) in [5.74, 6) is 0.286. The monoisotopic (exact) mass is 312 g/mol. The van der Waals surface area contributed by atoms with E-state index < -0.39 is 20.6 Å². The highest BCUT2D eigenvalue weighted by Crippen LogP contribution is 2.30. The lowest BCUT2D eigenvalue weighted by Crippen LogP contribution is -2.14. The van der Waals surface area contributed by atoms with Gasteiger partial charge in [-0.1, -0.05) is 0 Å². The molecule has 2 rings (SSSR count). The fourth-order valence-electron chi connectivity index (χ4n) is 1.60. The molecule has 0 aliphatic rings. The van der Waals surface area contributed by atoms with Crippen molar-refractivity contribution in [1.82, 2.24) is 10.2 Å². The second-order valence-electron chi connectivity index (χ2n) is 3.90. The first-order chi connectivity index (χ1) is 9.94. The Bertz CT molecular complexity index is 742. The fraction of sp³-hybridized carbons (Fsp3) is 0.182. The standard InChI is InChI=1S/C11H12N4O5S/c1-2-20-8-3-4-9(10(7-8)15(16)17)14-21(18,19)11-5-6-12-13-11/h3-7,14H,2H2,1H3,(H,12,13). The second-order valence-corrected chi connectivity index (χ2v) is 5.55. The fourth-order valence-corrected chi connectivity index (χ4v) is 2.58. The van der Waals surface area contributed by atoms with Crippen molar-refractivity contribution in [2.45, 2.75) is 11.9 Å². The highest BCUT2D eigenvalue weighted by atomic mass is 32.2. The molecule has 0 unspecified atom stereocenters. The molecule has 9 nitrogen and oxygen atoms in total. The molecule has 0 aliphatic heterocycles. The maximum Gasteiger partial charge on any atom is 0.297 e. The first kappa shape index (κ1) is 14.8. The van der Waals surface area contributed by atoms with Gasteiger partial charge in [-0.25, -0.2) is 0 Å². The van der Waals surface area contributed by atoms with Gasteiger partial charge in [0.05, 0.1) is 23.8 Å². The summed E-state index contributed by atoms with van der Waals surface area (Å²) >= 11 is 0. The van der Waals surface area contributed by atoms with Crippen molar-refractivity contribution in [2.75, 3.05) is 11.3 Å². The molecule has 0 fully saturated rings. The number of hydrogen-bond donors (Lipinski definition) is 2. The quantitative estimate of drug-likeness (QED) is 0.615. The second kappa shape index (κ2) is 5.79. The van der Waals surface area contributed by atoms with E-state index in [0.29, 0.717) is 6.61 Å². The first-order valence-electron chi connectivity index (χ1n) is 5.87. The zero-order chi connectivity index (χ0) is 15.5. The topological polar surface area (TPSA) is 127 Å². The largest absolute Gasteiger partial charge is 0.494 e. The predicted molar refractivity (Wildman–Crippen MR) is 73.7 cm³/mol. The third kappa shape index (κ3) is 3.28. The molecule has 1 aromatic heterocycles. The Hall–Kier alpha value is -2.62. The van der Waals surface area contributed by atoms with Crippen LogP contribution in [0.1, 0.15) is 6.92 Å². The summed E-state index contributed by atoms with van der Waals surface area (Å²) in [5.41, 5.74) is -0.554. The maximum absolute atomic E-state index is 12.0. The van der Waals surface area contributed by atoms with Crippen LogP contribution in [0, 0.1) is 10.1 Å². The van der Waals surface area contributed by atoms with Gasteiger partial charge in [-0.05, 0) is 25.1 Å². The number of hydrogen-bond acceptors (Lipinski definition) is 6. The number of rotatable bonds is 6. The molecular weight excluding hydrogens is 300 g/mol. The molecule has 21 heavy (non-hydrogen) atoms. The summed E-state index contributed by atoms with van der Waals surface area (Å²) in [6, 6.07) is 5.12. The summed E-state index contributed by atoms with van der Waals surface area (Å²) in [5, 5.41) is 16.7. The number of nitrogens with one attached hydrogen (secondary N) is 2. The SMILES string of the molecule is CCOc1ccc(NS(=O)(=O)c2ccn[nH]2)c([N+](=O)[O-])c1. The highest BCUT2D eigenvalue weighted by molar-refractivity contribution is 7.92. The van der Waals surface area contributed by atoms with Gasteiger partial charge in [-0.2, -0.15) is 13.5 Å². The minimum absolute atomic E-state index is 0.155. The Labute approximate surface area is 120 Å². The molecule has 1 aromatic carbocycles. The molecule has 0 amide bonds. The van der Waals surface area contributed by atoms with Crippen molar-refractivity contribution in [3.8, 4) is 5.75 Å². The number of H-pyrrole nitrogens is 1. The van der Waals surface area contributed by atoms with E-state index in [0.717, 1.165) is 6.07 Å². The van der Waals surface area contributed by atoms with Crippen molar-refractivity contribution in [3.63, 3.8) is 0 Å². The average Bonchev–Trinajstić information content (AvgIpc) is 2.95. The van der Waals surface area contributed by atoms with E-state index in [1.807, 2.05) is 0 Å². The number of anilines is 1. The third-order valence-electron chi connectivity index (χ3n) is 2.49. The zero-order valence-electron chi connectivity index (χ0n) is 10.9. The minimum atomic E-state index is -3.96. The van der Waals surface area contributed by atoms with E-state index >= 15 is 0 Å². The molecule has 112 valence electrons. The summed E-state index contributed by atoms with van der Waals surface area (Å²) in [6.07, 6.45) is 1.27. The Morgan fingerprint density at radius 2 is 2.19 bits per heavy atom. The Morgan fingerprint density at radius 3 is 2.76 bits per heavy atom. The summed E-state index contributed by atoms with van der Waals surface area (Å²) < 4.78 is 31.3. The van der Waals surface area contributed by atoms with Crippen LogP contribution < -0.4 is 9.46 Å². The van der Waals surface area contributed by atoms with E-state index in [4.69, 9.17) is 4.74 Å². The van der Waals surface area contributed by atoms with Crippen LogP contribution in [0.5, 0.6) is 5.75 Å². The lowest BCUT2D eigenvalue weighted by atomic mass is 10.2. The van der Waals surface area contributed by atoms with Crippen LogP contribution in [-0.2, 0) is 10.0 Å². The van der Waals surface area contributed by atoms with Crippen molar-refractivity contribution in [3.05, 3.63) is 40.6 Å². The first-order valence-corrected chi connectivity index (χ1v) is 7.36. The number of benzene rings is 1. The molecule has 1 heterocycles. The van der Waals surface area contributed by atoms with Crippen LogP contribution in [0.3, 0.4) is 0 Å².